The highest BCUT2D eigenvalue weighted by atomic mass is 15.1. The first kappa shape index (κ1) is 8.85. The third kappa shape index (κ3) is 1.99. The predicted octanol–water partition coefficient (Wildman–Crippen LogP) is 1.20. The van der Waals surface area contributed by atoms with Crippen LogP contribution in [0.15, 0.2) is 0 Å². The van der Waals surface area contributed by atoms with Crippen LogP contribution in [0.4, 0.5) is 0 Å². The van der Waals surface area contributed by atoms with Crippen LogP contribution in [0.3, 0.4) is 0 Å². The molecule has 0 unspecified atom stereocenters. The van der Waals surface area contributed by atoms with Gasteiger partial charge in [0.05, 0.1) is 0 Å². The zero-order valence-corrected chi connectivity index (χ0v) is 6.89. The third-order valence-electron chi connectivity index (χ3n) is 1.42. The standard InChI is InChI=1S/C8H12N2/c1-5-6-8(2,3)10(4)7-9/h1-4H3. The van der Waals surface area contributed by atoms with Gasteiger partial charge < -0.3 is 0 Å². The van der Waals surface area contributed by atoms with Crippen molar-refractivity contribution in [3.63, 3.8) is 0 Å². The maximum Gasteiger partial charge on any atom is 0.180 e. The fourth-order valence-electron chi connectivity index (χ4n) is 0.515. The molecule has 0 saturated heterocycles. The van der Waals surface area contributed by atoms with E-state index in [1.165, 1.54) is 4.90 Å². The quantitative estimate of drug-likeness (QED) is 0.308. The molecule has 2 heteroatoms. The first-order chi connectivity index (χ1) is 4.54. The first-order valence-corrected chi connectivity index (χ1v) is 3.12. The summed E-state index contributed by atoms with van der Waals surface area (Å²) in [5, 5.41) is 8.51. The van der Waals surface area contributed by atoms with E-state index in [1.807, 2.05) is 20.0 Å². The summed E-state index contributed by atoms with van der Waals surface area (Å²) in [4.78, 5) is 1.53. The fourth-order valence-corrected chi connectivity index (χ4v) is 0.515. The van der Waals surface area contributed by atoms with Crippen molar-refractivity contribution in [1.29, 1.82) is 5.26 Å². The molecule has 2 nitrogen and oxygen atoms in total. The molecule has 0 aromatic heterocycles. The van der Waals surface area contributed by atoms with Gasteiger partial charge >= 0.3 is 0 Å². The van der Waals surface area contributed by atoms with Gasteiger partial charge in [-0.15, -0.1) is 5.92 Å². The van der Waals surface area contributed by atoms with Crippen LogP contribution in [0, 0.1) is 23.3 Å². The van der Waals surface area contributed by atoms with Gasteiger partial charge in [-0.05, 0) is 20.8 Å². The van der Waals surface area contributed by atoms with Gasteiger partial charge in [-0.1, -0.05) is 5.92 Å². The Morgan fingerprint density at radius 2 is 1.90 bits per heavy atom. The van der Waals surface area contributed by atoms with E-state index in [2.05, 4.69) is 11.8 Å². The average molecular weight is 136 g/mol. The Balaban J connectivity index is 4.37. The highest BCUT2D eigenvalue weighted by Crippen LogP contribution is 2.08. The maximum absolute atomic E-state index is 8.51. The molecule has 0 aromatic carbocycles. The Kier molecular flexibility index (Phi) is 2.77. The van der Waals surface area contributed by atoms with Crippen molar-refractivity contribution in [1.82, 2.24) is 4.90 Å². The van der Waals surface area contributed by atoms with Crippen molar-refractivity contribution in [2.24, 2.45) is 0 Å². The summed E-state index contributed by atoms with van der Waals surface area (Å²) in [5.41, 5.74) is -0.330. The lowest BCUT2D eigenvalue weighted by molar-refractivity contribution is 0.312. The lowest BCUT2D eigenvalue weighted by Gasteiger charge is -2.24. The molecule has 0 amide bonds. The number of hydrogen-bond donors (Lipinski definition) is 0. The van der Waals surface area contributed by atoms with Crippen molar-refractivity contribution < 1.29 is 0 Å². The minimum absolute atomic E-state index is 0.330. The summed E-state index contributed by atoms with van der Waals surface area (Å²) in [6, 6.07) is 0. The smallest absolute Gasteiger partial charge is 0.180 e. The molecule has 0 heterocycles. The molecule has 0 aromatic rings. The summed E-state index contributed by atoms with van der Waals surface area (Å²) >= 11 is 0. The zero-order chi connectivity index (χ0) is 8.20. The molecule has 0 atom stereocenters. The Labute approximate surface area is 62.4 Å². The van der Waals surface area contributed by atoms with E-state index in [0.717, 1.165) is 0 Å². The van der Waals surface area contributed by atoms with E-state index in [4.69, 9.17) is 5.26 Å². The second kappa shape index (κ2) is 3.13. The monoisotopic (exact) mass is 136 g/mol. The molecule has 0 N–H and O–H groups in total. The normalized spacial score (nSPS) is 9.10. The number of hydrogen-bond acceptors (Lipinski definition) is 2. The van der Waals surface area contributed by atoms with E-state index in [9.17, 15) is 0 Å². The van der Waals surface area contributed by atoms with E-state index in [0.29, 0.717) is 0 Å². The molecule has 0 rings (SSSR count). The molecule has 0 aliphatic heterocycles. The Morgan fingerprint density at radius 3 is 2.20 bits per heavy atom. The topological polar surface area (TPSA) is 27.0 Å². The Bertz CT molecular complexity index is 200. The van der Waals surface area contributed by atoms with E-state index < -0.39 is 0 Å². The molecule has 10 heavy (non-hydrogen) atoms. The van der Waals surface area contributed by atoms with Gasteiger partial charge in [0.15, 0.2) is 6.19 Å². The molecule has 0 fully saturated rings. The third-order valence-corrected chi connectivity index (χ3v) is 1.42. The van der Waals surface area contributed by atoms with Crippen LogP contribution in [0.25, 0.3) is 0 Å². The van der Waals surface area contributed by atoms with Crippen molar-refractivity contribution >= 4 is 0 Å². The Hall–Kier alpha value is -1.15. The van der Waals surface area contributed by atoms with Gasteiger partial charge in [0, 0.05) is 7.05 Å². The van der Waals surface area contributed by atoms with Crippen LogP contribution in [0.1, 0.15) is 20.8 Å². The molecular formula is C8H12N2. The summed E-state index contributed by atoms with van der Waals surface area (Å²) in [6.45, 7) is 5.59. The second-order valence-corrected chi connectivity index (χ2v) is 2.59. The lowest BCUT2D eigenvalue weighted by atomic mass is 10.1. The minimum Gasteiger partial charge on any atom is -0.297 e. The molecule has 0 saturated carbocycles. The second-order valence-electron chi connectivity index (χ2n) is 2.59. The Morgan fingerprint density at radius 1 is 1.40 bits per heavy atom. The van der Waals surface area contributed by atoms with Crippen LogP contribution in [-0.2, 0) is 0 Å². The highest BCUT2D eigenvalue weighted by molar-refractivity contribution is 5.14. The van der Waals surface area contributed by atoms with Gasteiger partial charge in [0.2, 0.25) is 0 Å². The van der Waals surface area contributed by atoms with Crippen molar-refractivity contribution in [2.75, 3.05) is 7.05 Å². The minimum atomic E-state index is -0.330. The summed E-state index contributed by atoms with van der Waals surface area (Å²) in [7, 11) is 1.73. The van der Waals surface area contributed by atoms with E-state index in [-0.39, 0.29) is 5.54 Å². The number of rotatable bonds is 1. The molecular weight excluding hydrogens is 124 g/mol. The van der Waals surface area contributed by atoms with Gasteiger partial charge in [-0.3, -0.25) is 4.90 Å². The van der Waals surface area contributed by atoms with E-state index >= 15 is 0 Å². The number of nitrogens with zero attached hydrogens (tertiary/aromatic N) is 2. The molecule has 0 radical (unpaired) electrons. The molecule has 0 aliphatic carbocycles. The van der Waals surface area contributed by atoms with Crippen LogP contribution in [-0.4, -0.2) is 17.5 Å². The lowest BCUT2D eigenvalue weighted by Crippen LogP contribution is -2.35. The molecule has 0 aliphatic rings. The largest absolute Gasteiger partial charge is 0.297 e. The van der Waals surface area contributed by atoms with Crippen molar-refractivity contribution in [3.05, 3.63) is 0 Å². The van der Waals surface area contributed by atoms with Gasteiger partial charge in [0.25, 0.3) is 0 Å². The summed E-state index contributed by atoms with van der Waals surface area (Å²) in [5.74, 6) is 5.71. The molecule has 0 spiro atoms. The highest BCUT2D eigenvalue weighted by Gasteiger charge is 2.18. The predicted molar refractivity (Wildman–Crippen MR) is 40.9 cm³/mol. The van der Waals surface area contributed by atoms with Crippen LogP contribution in [0.2, 0.25) is 0 Å². The summed E-state index contributed by atoms with van der Waals surface area (Å²) < 4.78 is 0. The van der Waals surface area contributed by atoms with Crippen molar-refractivity contribution in [3.8, 4) is 18.0 Å². The fraction of sp³-hybridized carbons (Fsp3) is 0.625. The number of nitriles is 1. The summed E-state index contributed by atoms with van der Waals surface area (Å²) in [6.07, 6.45) is 2.02. The van der Waals surface area contributed by atoms with Crippen LogP contribution >= 0.6 is 0 Å². The van der Waals surface area contributed by atoms with Gasteiger partial charge in [-0.2, -0.15) is 5.26 Å². The first-order valence-electron chi connectivity index (χ1n) is 3.12. The average Bonchev–Trinajstić information content (AvgIpc) is 1.86. The SMILES string of the molecule is CC#CC(C)(C)N(C)C#N. The molecule has 0 bridgehead atoms. The van der Waals surface area contributed by atoms with Gasteiger partial charge in [-0.25, -0.2) is 0 Å². The van der Waals surface area contributed by atoms with Crippen LogP contribution in [0.5, 0.6) is 0 Å². The van der Waals surface area contributed by atoms with Crippen molar-refractivity contribution in [2.45, 2.75) is 26.3 Å². The van der Waals surface area contributed by atoms with Gasteiger partial charge in [0.1, 0.15) is 5.54 Å². The molecule has 54 valence electrons. The van der Waals surface area contributed by atoms with Crippen LogP contribution < -0.4 is 0 Å². The van der Waals surface area contributed by atoms with E-state index in [1.54, 1.807) is 14.0 Å². The zero-order valence-electron chi connectivity index (χ0n) is 6.89. The maximum atomic E-state index is 8.51.